The van der Waals surface area contributed by atoms with E-state index < -0.39 is 0 Å². The first kappa shape index (κ1) is 20.3. The number of phenols is 1. The summed E-state index contributed by atoms with van der Waals surface area (Å²) in [5.41, 5.74) is 3.13. The molecule has 0 unspecified atom stereocenters. The molecule has 120 valence electrons. The highest BCUT2D eigenvalue weighted by Gasteiger charge is 2.24. The van der Waals surface area contributed by atoms with E-state index in [-0.39, 0.29) is 30.9 Å². The molecule has 0 bridgehead atoms. The van der Waals surface area contributed by atoms with E-state index in [1.54, 1.807) is 0 Å². The number of halogens is 2. The second-order valence-corrected chi connectivity index (χ2v) is 5.48. The Balaban J connectivity index is 0.00000200. The van der Waals surface area contributed by atoms with E-state index in [2.05, 4.69) is 23.7 Å². The molecule has 1 heterocycles. The maximum Gasteiger partial charge on any atom is 0.123 e. The third kappa shape index (κ3) is 5.19. The van der Waals surface area contributed by atoms with Gasteiger partial charge in [0.15, 0.2) is 0 Å². The molecule has 3 nitrogen and oxygen atoms in total. The second kappa shape index (κ2) is 9.31. The van der Waals surface area contributed by atoms with Crippen molar-refractivity contribution in [2.75, 3.05) is 26.2 Å². The van der Waals surface area contributed by atoms with Crippen LogP contribution in [0.15, 0.2) is 30.4 Å². The van der Waals surface area contributed by atoms with Crippen LogP contribution in [-0.2, 0) is 0 Å². The molecule has 1 aliphatic rings. The van der Waals surface area contributed by atoms with Crippen LogP contribution in [0.5, 0.6) is 5.75 Å². The number of hydrogen-bond donors (Lipinski definition) is 2. The Kier molecular flexibility index (Phi) is 8.98. The highest BCUT2D eigenvalue weighted by atomic mass is 35.5. The summed E-state index contributed by atoms with van der Waals surface area (Å²) in [4.78, 5) is 2.44. The quantitative estimate of drug-likeness (QED) is 0.829. The second-order valence-electron chi connectivity index (χ2n) is 5.48. The van der Waals surface area contributed by atoms with Crippen LogP contribution < -0.4 is 5.32 Å². The lowest BCUT2D eigenvalue weighted by atomic mass is 9.95. The molecule has 1 aromatic rings. The van der Waals surface area contributed by atoms with Gasteiger partial charge in [-0.3, -0.25) is 4.90 Å². The zero-order valence-electron chi connectivity index (χ0n) is 12.8. The normalized spacial score (nSPS) is 16.5. The lowest BCUT2D eigenvalue weighted by Gasteiger charge is -2.36. The number of aryl methyl sites for hydroxylation is 1. The molecule has 2 rings (SSSR count). The van der Waals surface area contributed by atoms with Crippen molar-refractivity contribution in [1.82, 2.24) is 10.2 Å². The van der Waals surface area contributed by atoms with Gasteiger partial charge in [0.05, 0.1) is 0 Å². The van der Waals surface area contributed by atoms with Crippen molar-refractivity contribution in [3.63, 3.8) is 0 Å². The van der Waals surface area contributed by atoms with Crippen molar-refractivity contribution in [3.8, 4) is 5.75 Å². The van der Waals surface area contributed by atoms with Gasteiger partial charge in [-0.2, -0.15) is 0 Å². The van der Waals surface area contributed by atoms with E-state index in [0.717, 1.165) is 49.3 Å². The number of benzene rings is 1. The van der Waals surface area contributed by atoms with Crippen LogP contribution in [0, 0.1) is 6.92 Å². The van der Waals surface area contributed by atoms with Crippen LogP contribution in [0.1, 0.15) is 30.5 Å². The van der Waals surface area contributed by atoms with Crippen molar-refractivity contribution in [2.45, 2.75) is 26.3 Å². The molecule has 0 spiro atoms. The average molecular weight is 333 g/mol. The molecule has 0 amide bonds. The van der Waals surface area contributed by atoms with E-state index in [1.165, 1.54) is 0 Å². The summed E-state index contributed by atoms with van der Waals surface area (Å²) in [7, 11) is 0. The predicted octanol–water partition coefficient (Wildman–Crippen LogP) is 3.46. The minimum Gasteiger partial charge on any atom is -0.507 e. The molecule has 5 heteroatoms. The summed E-state index contributed by atoms with van der Waals surface area (Å²) in [6, 6.07) is 6.25. The topological polar surface area (TPSA) is 35.5 Å². The van der Waals surface area contributed by atoms with Crippen LogP contribution in [0.2, 0.25) is 0 Å². The molecule has 1 saturated heterocycles. The van der Waals surface area contributed by atoms with E-state index in [0.29, 0.717) is 5.75 Å². The molecular formula is C16H26Cl2N2O. The van der Waals surface area contributed by atoms with Crippen LogP contribution >= 0.6 is 24.8 Å². The van der Waals surface area contributed by atoms with Crippen LogP contribution in [-0.4, -0.2) is 36.2 Å². The van der Waals surface area contributed by atoms with Gasteiger partial charge in [-0.05, 0) is 25.8 Å². The first-order valence-electron chi connectivity index (χ1n) is 6.97. The van der Waals surface area contributed by atoms with Crippen molar-refractivity contribution in [3.05, 3.63) is 41.5 Å². The smallest absolute Gasteiger partial charge is 0.123 e. The summed E-state index contributed by atoms with van der Waals surface area (Å²) in [5.74, 6) is 0.437. The number of para-hydroxylation sites is 1. The predicted molar refractivity (Wildman–Crippen MR) is 94.0 cm³/mol. The lowest BCUT2D eigenvalue weighted by molar-refractivity contribution is 0.170. The van der Waals surface area contributed by atoms with Gasteiger partial charge < -0.3 is 10.4 Å². The van der Waals surface area contributed by atoms with Crippen molar-refractivity contribution >= 4 is 24.8 Å². The SMILES string of the molecule is C=C(C)C[C@H](c1cccc(C)c1O)N1CCNCC1.Cl.Cl. The number of aromatic hydroxyl groups is 1. The summed E-state index contributed by atoms with van der Waals surface area (Å²) in [6.45, 7) is 12.1. The Morgan fingerprint density at radius 3 is 2.52 bits per heavy atom. The largest absolute Gasteiger partial charge is 0.507 e. The molecule has 0 radical (unpaired) electrons. The molecular weight excluding hydrogens is 307 g/mol. The van der Waals surface area contributed by atoms with Crippen molar-refractivity contribution < 1.29 is 5.11 Å². The van der Waals surface area contributed by atoms with Crippen LogP contribution in [0.4, 0.5) is 0 Å². The zero-order chi connectivity index (χ0) is 13.8. The van der Waals surface area contributed by atoms with Gasteiger partial charge in [-0.25, -0.2) is 0 Å². The summed E-state index contributed by atoms with van der Waals surface area (Å²) in [6.07, 6.45) is 0.900. The Bertz CT molecular complexity index is 460. The van der Waals surface area contributed by atoms with E-state index >= 15 is 0 Å². The number of piperazine rings is 1. The Morgan fingerprint density at radius 2 is 1.95 bits per heavy atom. The summed E-state index contributed by atoms with van der Waals surface area (Å²) < 4.78 is 0. The van der Waals surface area contributed by atoms with Gasteiger partial charge in [0.25, 0.3) is 0 Å². The van der Waals surface area contributed by atoms with Crippen molar-refractivity contribution in [2.24, 2.45) is 0 Å². The van der Waals surface area contributed by atoms with Gasteiger partial charge >= 0.3 is 0 Å². The Morgan fingerprint density at radius 1 is 1.33 bits per heavy atom. The summed E-state index contributed by atoms with van der Waals surface area (Å²) in [5, 5.41) is 13.7. The molecule has 0 aliphatic carbocycles. The zero-order valence-corrected chi connectivity index (χ0v) is 14.4. The van der Waals surface area contributed by atoms with Gasteiger partial charge in [-0.1, -0.05) is 23.8 Å². The van der Waals surface area contributed by atoms with Crippen LogP contribution in [0.3, 0.4) is 0 Å². The number of rotatable bonds is 4. The maximum atomic E-state index is 10.3. The van der Waals surface area contributed by atoms with Crippen LogP contribution in [0.25, 0.3) is 0 Å². The van der Waals surface area contributed by atoms with E-state index in [9.17, 15) is 5.11 Å². The lowest BCUT2D eigenvalue weighted by Crippen LogP contribution is -2.45. The standard InChI is InChI=1S/C16H24N2O.2ClH/c1-12(2)11-15(18-9-7-17-8-10-18)14-6-4-5-13(3)16(14)19;;/h4-6,15,17,19H,1,7-11H2,2-3H3;2*1H/t15-;;/m1../s1. The van der Waals surface area contributed by atoms with Crippen molar-refractivity contribution in [1.29, 1.82) is 0 Å². The fourth-order valence-corrected chi connectivity index (χ4v) is 2.71. The molecule has 1 fully saturated rings. The van der Waals surface area contributed by atoms with Gasteiger partial charge in [0.1, 0.15) is 5.75 Å². The highest BCUT2D eigenvalue weighted by molar-refractivity contribution is 5.85. The molecule has 0 saturated carbocycles. The Labute approximate surface area is 140 Å². The maximum absolute atomic E-state index is 10.3. The number of hydrogen-bond acceptors (Lipinski definition) is 3. The number of phenolic OH excluding ortho intramolecular Hbond substituents is 1. The third-order valence-corrected chi connectivity index (χ3v) is 3.76. The first-order valence-corrected chi connectivity index (χ1v) is 6.97. The van der Waals surface area contributed by atoms with Gasteiger partial charge in [0.2, 0.25) is 0 Å². The molecule has 0 aromatic heterocycles. The van der Waals surface area contributed by atoms with E-state index in [1.807, 2.05) is 25.1 Å². The van der Waals surface area contributed by atoms with Gasteiger partial charge in [0, 0.05) is 37.8 Å². The van der Waals surface area contributed by atoms with E-state index in [4.69, 9.17) is 0 Å². The molecule has 21 heavy (non-hydrogen) atoms. The molecule has 2 N–H and O–H groups in total. The number of nitrogens with one attached hydrogen (secondary N) is 1. The molecule has 1 aromatic carbocycles. The molecule has 1 aliphatic heterocycles. The Hall–Kier alpha value is -0.740. The average Bonchev–Trinajstić information content (AvgIpc) is 2.40. The number of nitrogens with zero attached hydrogens (tertiary/aromatic N) is 1. The fraction of sp³-hybridized carbons (Fsp3) is 0.500. The minimum atomic E-state index is 0. The highest BCUT2D eigenvalue weighted by Crippen LogP contribution is 2.34. The monoisotopic (exact) mass is 332 g/mol. The summed E-state index contributed by atoms with van der Waals surface area (Å²) >= 11 is 0. The third-order valence-electron chi connectivity index (χ3n) is 3.76. The fourth-order valence-electron chi connectivity index (χ4n) is 2.71. The van der Waals surface area contributed by atoms with Gasteiger partial charge in [-0.15, -0.1) is 31.4 Å². The minimum absolute atomic E-state index is 0. The first-order chi connectivity index (χ1) is 9.09. The molecule has 1 atom stereocenters.